The highest BCUT2D eigenvalue weighted by atomic mass is 32.2. The molecule has 2 aliphatic heterocycles. The van der Waals surface area contributed by atoms with Crippen molar-refractivity contribution in [3.05, 3.63) is 29.5 Å². The fourth-order valence-corrected chi connectivity index (χ4v) is 4.69. The molecular formula is C22H25N7O4S. The molecule has 0 bridgehead atoms. The van der Waals surface area contributed by atoms with Crippen LogP contribution in [0.4, 0.5) is 11.8 Å². The van der Waals surface area contributed by atoms with Gasteiger partial charge >= 0.3 is 0 Å². The standard InChI is InChI=1S/C22H25N7O4S/c1-22(2,34(4,30)31)18-17-19(28-7-8-32-11-14(28)12-33-17)27-21(26-18)29-16-9-13(10-23)5-6-15(16)25-20(29)24-3/h5-6,9,14H,7-8,11-12H2,1-4H3,(H,24,25)/t14-/m0/s1. The lowest BCUT2D eigenvalue weighted by Crippen LogP contribution is -2.52. The second-order valence-corrected chi connectivity index (χ2v) is 11.4. The van der Waals surface area contributed by atoms with Crippen molar-refractivity contribution in [1.82, 2.24) is 19.5 Å². The van der Waals surface area contributed by atoms with E-state index >= 15 is 0 Å². The quantitative estimate of drug-likeness (QED) is 0.583. The first-order valence-electron chi connectivity index (χ1n) is 10.9. The van der Waals surface area contributed by atoms with Crippen LogP contribution >= 0.6 is 0 Å². The Balaban J connectivity index is 1.83. The van der Waals surface area contributed by atoms with Crippen LogP contribution in [0.25, 0.3) is 17.0 Å². The van der Waals surface area contributed by atoms with Crippen LogP contribution in [0, 0.1) is 11.3 Å². The molecule has 0 spiro atoms. The van der Waals surface area contributed by atoms with Crippen LogP contribution in [0.5, 0.6) is 5.75 Å². The lowest BCUT2D eigenvalue weighted by molar-refractivity contribution is 0.0691. The number of rotatable bonds is 4. The van der Waals surface area contributed by atoms with Gasteiger partial charge in [-0.15, -0.1) is 0 Å². The number of ether oxygens (including phenoxy) is 2. The Kier molecular flexibility index (Phi) is 5.14. The molecule has 2 aliphatic rings. The van der Waals surface area contributed by atoms with Crippen LogP contribution < -0.4 is 15.0 Å². The normalized spacial score (nSPS) is 18.1. The van der Waals surface area contributed by atoms with E-state index in [1.165, 1.54) is 6.26 Å². The summed E-state index contributed by atoms with van der Waals surface area (Å²) in [4.78, 5) is 16.3. The molecule has 1 N–H and O–H groups in total. The fraction of sp³-hybridized carbons (Fsp3) is 0.455. The number of nitrogens with zero attached hydrogens (tertiary/aromatic N) is 6. The Morgan fingerprint density at radius 3 is 2.74 bits per heavy atom. The van der Waals surface area contributed by atoms with Crippen LogP contribution in [0.15, 0.2) is 18.2 Å². The third kappa shape index (κ3) is 3.35. The molecule has 3 aromatic rings. The first kappa shape index (κ1) is 22.4. The maximum atomic E-state index is 12.8. The third-order valence-corrected chi connectivity index (χ3v) is 8.51. The van der Waals surface area contributed by atoms with Crippen molar-refractivity contribution in [1.29, 1.82) is 5.26 Å². The summed E-state index contributed by atoms with van der Waals surface area (Å²) in [5, 5.41) is 12.5. The van der Waals surface area contributed by atoms with Gasteiger partial charge in [-0.05, 0) is 32.0 Å². The lowest BCUT2D eigenvalue weighted by Gasteiger charge is -2.41. The van der Waals surface area contributed by atoms with E-state index in [-0.39, 0.29) is 17.7 Å². The van der Waals surface area contributed by atoms with Crippen LogP contribution in [-0.4, -0.2) is 73.6 Å². The molecule has 2 aromatic heterocycles. The van der Waals surface area contributed by atoms with Crippen LogP contribution in [0.1, 0.15) is 25.1 Å². The molecule has 1 aromatic carbocycles. The Hall–Kier alpha value is -3.43. The average molecular weight is 484 g/mol. The zero-order valence-corrected chi connectivity index (χ0v) is 20.2. The van der Waals surface area contributed by atoms with Gasteiger partial charge in [-0.1, -0.05) is 0 Å². The second-order valence-electron chi connectivity index (χ2n) is 8.88. The smallest absolute Gasteiger partial charge is 0.239 e. The Morgan fingerprint density at radius 2 is 2.03 bits per heavy atom. The molecule has 1 saturated heterocycles. The molecule has 0 aliphatic carbocycles. The van der Waals surface area contributed by atoms with Crippen molar-refractivity contribution in [2.75, 3.05) is 49.9 Å². The van der Waals surface area contributed by atoms with Gasteiger partial charge in [0.25, 0.3) is 0 Å². The van der Waals surface area contributed by atoms with E-state index in [2.05, 4.69) is 21.3 Å². The number of sulfone groups is 1. The van der Waals surface area contributed by atoms with Gasteiger partial charge in [0.2, 0.25) is 11.9 Å². The van der Waals surface area contributed by atoms with Crippen LogP contribution in [0.3, 0.4) is 0 Å². The van der Waals surface area contributed by atoms with Crippen molar-refractivity contribution < 1.29 is 17.9 Å². The molecule has 0 saturated carbocycles. The van der Waals surface area contributed by atoms with Gasteiger partial charge in [0.05, 0.1) is 41.9 Å². The number of nitrogens with one attached hydrogen (secondary N) is 1. The topological polar surface area (TPSA) is 135 Å². The monoisotopic (exact) mass is 483 g/mol. The summed E-state index contributed by atoms with van der Waals surface area (Å²) >= 11 is 0. The first-order chi connectivity index (χ1) is 16.2. The highest BCUT2D eigenvalue weighted by Crippen LogP contribution is 2.43. The van der Waals surface area contributed by atoms with Crippen LogP contribution in [-0.2, 0) is 19.3 Å². The maximum absolute atomic E-state index is 12.8. The van der Waals surface area contributed by atoms with Crippen molar-refractivity contribution in [2.45, 2.75) is 24.6 Å². The molecule has 4 heterocycles. The number of hydrogen-bond acceptors (Lipinski definition) is 10. The number of aromatic nitrogens is 4. The largest absolute Gasteiger partial charge is 0.486 e. The molecule has 178 valence electrons. The second kappa shape index (κ2) is 7.82. The summed E-state index contributed by atoms with van der Waals surface area (Å²) in [5.74, 6) is 1.59. The predicted molar refractivity (Wildman–Crippen MR) is 126 cm³/mol. The van der Waals surface area contributed by atoms with Crippen molar-refractivity contribution in [3.8, 4) is 17.8 Å². The zero-order valence-electron chi connectivity index (χ0n) is 19.4. The number of anilines is 2. The predicted octanol–water partition coefficient (Wildman–Crippen LogP) is 1.61. The van der Waals surface area contributed by atoms with E-state index in [1.807, 2.05) is 0 Å². The summed E-state index contributed by atoms with van der Waals surface area (Å²) < 4.78 is 37.7. The van der Waals surface area contributed by atoms with E-state index in [0.717, 1.165) is 0 Å². The molecule has 1 fully saturated rings. The molecule has 1 atom stereocenters. The summed E-state index contributed by atoms with van der Waals surface area (Å²) in [7, 11) is -1.84. The molecule has 11 nitrogen and oxygen atoms in total. The number of benzene rings is 1. The molecule has 12 heteroatoms. The fourth-order valence-electron chi connectivity index (χ4n) is 4.20. The summed E-state index contributed by atoms with van der Waals surface area (Å²) in [6, 6.07) is 7.27. The Bertz CT molecular complexity index is 1440. The minimum absolute atomic E-state index is 0.0355. The van der Waals surface area contributed by atoms with Crippen LogP contribution in [0.2, 0.25) is 0 Å². The van der Waals surface area contributed by atoms with Crippen molar-refractivity contribution in [2.24, 2.45) is 0 Å². The van der Waals surface area contributed by atoms with Crippen molar-refractivity contribution in [3.63, 3.8) is 0 Å². The van der Waals surface area contributed by atoms with E-state index in [4.69, 9.17) is 19.4 Å². The van der Waals surface area contributed by atoms with E-state index in [0.29, 0.717) is 60.5 Å². The number of hydrogen-bond donors (Lipinski definition) is 1. The van der Waals surface area contributed by atoms with Gasteiger partial charge in [0, 0.05) is 19.8 Å². The lowest BCUT2D eigenvalue weighted by atomic mass is 10.1. The number of nitriles is 1. The van der Waals surface area contributed by atoms with E-state index < -0.39 is 14.6 Å². The van der Waals surface area contributed by atoms with Gasteiger partial charge in [0.15, 0.2) is 21.4 Å². The maximum Gasteiger partial charge on any atom is 0.239 e. The number of fused-ring (bicyclic) bond motifs is 4. The Labute approximate surface area is 197 Å². The Morgan fingerprint density at radius 1 is 1.24 bits per heavy atom. The summed E-state index contributed by atoms with van der Waals surface area (Å²) in [6.45, 7) is 5.19. The third-order valence-electron chi connectivity index (χ3n) is 6.46. The number of morpholine rings is 1. The zero-order chi connectivity index (χ0) is 24.3. The number of imidazole rings is 1. The molecule has 0 amide bonds. The average Bonchev–Trinajstić information content (AvgIpc) is 3.20. The van der Waals surface area contributed by atoms with Gasteiger partial charge in [0.1, 0.15) is 17.0 Å². The summed E-state index contributed by atoms with van der Waals surface area (Å²) in [6.07, 6.45) is 1.19. The van der Waals surface area contributed by atoms with E-state index in [1.54, 1.807) is 43.7 Å². The minimum atomic E-state index is -3.57. The van der Waals surface area contributed by atoms with E-state index in [9.17, 15) is 13.7 Å². The highest BCUT2D eigenvalue weighted by molar-refractivity contribution is 7.91. The minimum Gasteiger partial charge on any atom is -0.486 e. The molecule has 34 heavy (non-hydrogen) atoms. The molecule has 0 radical (unpaired) electrons. The van der Waals surface area contributed by atoms with Gasteiger partial charge in [-0.2, -0.15) is 10.2 Å². The van der Waals surface area contributed by atoms with Gasteiger partial charge in [-0.3, -0.25) is 0 Å². The first-order valence-corrected chi connectivity index (χ1v) is 12.7. The van der Waals surface area contributed by atoms with Gasteiger partial charge < -0.3 is 19.7 Å². The van der Waals surface area contributed by atoms with Crippen molar-refractivity contribution >= 4 is 32.6 Å². The summed E-state index contributed by atoms with van der Waals surface area (Å²) in [5.41, 5.74) is 2.01. The highest BCUT2D eigenvalue weighted by Gasteiger charge is 2.42. The molecule has 5 rings (SSSR count). The molecule has 0 unspecified atom stereocenters. The SMILES string of the molecule is CNc1nc2ccc(C#N)cc2n1-c1nc2c(c(C(C)(C)S(C)(=O)=O)n1)OC[C@@H]1COCCN21. The molecular weight excluding hydrogens is 458 g/mol. The van der Waals surface area contributed by atoms with Gasteiger partial charge in [-0.25, -0.2) is 23.0 Å².